The van der Waals surface area contributed by atoms with Crippen molar-refractivity contribution >= 4 is 39.1 Å². The quantitative estimate of drug-likeness (QED) is 0.625. The standard InChI is InChI=1S/C14H14BrClN2O2/c1-4-10(16)12(8(2)15)18-14(19)9-6-5-7-11(17)13(9)20-3/h4-7H,1-2,17H2,3H3,(H,18,19). The molecule has 0 saturated carbocycles. The first kappa shape index (κ1) is 16.3. The van der Waals surface area contributed by atoms with Gasteiger partial charge in [0.1, 0.15) is 0 Å². The van der Waals surface area contributed by atoms with Crippen molar-refractivity contribution in [2.75, 3.05) is 12.8 Å². The third kappa shape index (κ3) is 3.65. The normalized spacial score (nSPS) is 11.3. The predicted molar refractivity (Wildman–Crippen MR) is 86.0 cm³/mol. The molecule has 3 N–H and O–H groups in total. The molecular formula is C14H14BrClN2O2. The molecule has 0 unspecified atom stereocenters. The van der Waals surface area contributed by atoms with Crippen LogP contribution in [0.2, 0.25) is 0 Å². The Kier molecular flexibility index (Phi) is 5.85. The molecule has 0 aliphatic heterocycles. The van der Waals surface area contributed by atoms with Gasteiger partial charge < -0.3 is 15.8 Å². The molecule has 0 radical (unpaired) electrons. The third-order valence-corrected chi connectivity index (χ3v) is 3.16. The van der Waals surface area contributed by atoms with Crippen LogP contribution in [-0.4, -0.2) is 13.0 Å². The van der Waals surface area contributed by atoms with Crippen molar-refractivity contribution in [3.05, 3.63) is 58.2 Å². The highest BCUT2D eigenvalue weighted by molar-refractivity contribution is 9.11. The maximum absolute atomic E-state index is 12.3. The van der Waals surface area contributed by atoms with E-state index in [0.717, 1.165) is 0 Å². The number of amides is 1. The van der Waals surface area contributed by atoms with Gasteiger partial charge in [-0.15, -0.1) is 0 Å². The molecule has 0 bridgehead atoms. The number of methoxy groups -OCH3 is 1. The van der Waals surface area contributed by atoms with Gasteiger partial charge >= 0.3 is 0 Å². The zero-order valence-electron chi connectivity index (χ0n) is 10.9. The highest BCUT2D eigenvalue weighted by atomic mass is 79.9. The molecule has 1 rings (SSSR count). The molecule has 106 valence electrons. The summed E-state index contributed by atoms with van der Waals surface area (Å²) >= 11 is 9.14. The van der Waals surface area contributed by atoms with Gasteiger partial charge in [0.15, 0.2) is 5.75 Å². The lowest BCUT2D eigenvalue weighted by atomic mass is 10.1. The zero-order valence-corrected chi connectivity index (χ0v) is 13.2. The van der Waals surface area contributed by atoms with E-state index >= 15 is 0 Å². The van der Waals surface area contributed by atoms with E-state index in [1.165, 1.54) is 13.2 Å². The van der Waals surface area contributed by atoms with E-state index in [4.69, 9.17) is 22.1 Å². The van der Waals surface area contributed by atoms with Crippen molar-refractivity contribution in [1.82, 2.24) is 5.32 Å². The Bertz CT molecular complexity index is 597. The van der Waals surface area contributed by atoms with Crippen LogP contribution in [0.1, 0.15) is 10.4 Å². The third-order valence-electron chi connectivity index (χ3n) is 2.42. The van der Waals surface area contributed by atoms with Crippen LogP contribution in [0.5, 0.6) is 5.75 Å². The van der Waals surface area contributed by atoms with Crippen LogP contribution in [0, 0.1) is 0 Å². The van der Waals surface area contributed by atoms with Crippen molar-refractivity contribution in [2.45, 2.75) is 0 Å². The summed E-state index contributed by atoms with van der Waals surface area (Å²) in [4.78, 5) is 12.3. The molecule has 0 spiro atoms. The number of allylic oxidation sites excluding steroid dienone is 3. The number of rotatable bonds is 5. The van der Waals surface area contributed by atoms with Gasteiger partial charge in [-0.1, -0.05) is 30.8 Å². The van der Waals surface area contributed by atoms with E-state index in [1.54, 1.807) is 18.2 Å². The van der Waals surface area contributed by atoms with Crippen LogP contribution in [0.4, 0.5) is 5.69 Å². The molecule has 1 amide bonds. The Morgan fingerprint density at radius 3 is 2.70 bits per heavy atom. The van der Waals surface area contributed by atoms with Crippen LogP contribution in [0.3, 0.4) is 0 Å². The highest BCUT2D eigenvalue weighted by Gasteiger charge is 2.17. The van der Waals surface area contributed by atoms with E-state index in [-0.39, 0.29) is 5.03 Å². The van der Waals surface area contributed by atoms with Crippen LogP contribution < -0.4 is 15.8 Å². The number of nitrogen functional groups attached to an aromatic ring is 1. The molecule has 0 saturated heterocycles. The average Bonchev–Trinajstić information content (AvgIpc) is 2.42. The topological polar surface area (TPSA) is 64.4 Å². The minimum Gasteiger partial charge on any atom is -0.494 e. The summed E-state index contributed by atoms with van der Waals surface area (Å²) in [5.74, 6) is -0.107. The van der Waals surface area contributed by atoms with Gasteiger partial charge in [-0.25, -0.2) is 0 Å². The molecule has 1 aromatic carbocycles. The summed E-state index contributed by atoms with van der Waals surface area (Å²) in [6, 6.07) is 4.90. The second-order valence-electron chi connectivity index (χ2n) is 3.71. The van der Waals surface area contributed by atoms with Gasteiger partial charge in [0, 0.05) is 4.48 Å². The number of nitrogens with two attached hydrogens (primary N) is 1. The van der Waals surface area contributed by atoms with Crippen LogP contribution in [0.25, 0.3) is 0 Å². The Morgan fingerprint density at radius 2 is 2.20 bits per heavy atom. The molecule has 0 aromatic heterocycles. The van der Waals surface area contributed by atoms with E-state index in [9.17, 15) is 4.79 Å². The summed E-state index contributed by atoms with van der Waals surface area (Å²) in [6.07, 6.45) is 1.40. The van der Waals surface area contributed by atoms with E-state index in [0.29, 0.717) is 27.2 Å². The summed E-state index contributed by atoms with van der Waals surface area (Å²) < 4.78 is 5.57. The minimum atomic E-state index is -0.412. The van der Waals surface area contributed by atoms with Crippen LogP contribution in [-0.2, 0) is 0 Å². The van der Waals surface area contributed by atoms with Crippen molar-refractivity contribution in [3.8, 4) is 5.75 Å². The number of ether oxygens (including phenoxy) is 1. The fourth-order valence-electron chi connectivity index (χ4n) is 1.50. The van der Waals surface area contributed by atoms with E-state index in [2.05, 4.69) is 34.4 Å². The van der Waals surface area contributed by atoms with Crippen molar-refractivity contribution < 1.29 is 9.53 Å². The van der Waals surface area contributed by atoms with Gasteiger partial charge in [0.05, 0.1) is 29.1 Å². The lowest BCUT2D eigenvalue weighted by molar-refractivity contribution is 0.0964. The van der Waals surface area contributed by atoms with E-state index < -0.39 is 5.91 Å². The summed E-state index contributed by atoms with van der Waals surface area (Å²) in [6.45, 7) is 7.23. The zero-order chi connectivity index (χ0) is 15.3. The number of benzene rings is 1. The fourth-order valence-corrected chi connectivity index (χ4v) is 2.09. The number of para-hydroxylation sites is 1. The SMILES string of the molecule is C=CC(Cl)=C(NC(=O)c1cccc(N)c1OC)C(=C)Br. The van der Waals surface area contributed by atoms with E-state index in [1.807, 2.05) is 0 Å². The molecule has 6 heteroatoms. The highest BCUT2D eigenvalue weighted by Crippen LogP contribution is 2.27. The number of carbonyl (C=O) groups is 1. The largest absolute Gasteiger partial charge is 0.494 e. The Balaban J connectivity index is 3.17. The molecule has 0 aliphatic rings. The second kappa shape index (κ2) is 7.17. The summed E-state index contributed by atoms with van der Waals surface area (Å²) in [5, 5.41) is 2.91. The van der Waals surface area contributed by atoms with Gasteiger partial charge in [-0.3, -0.25) is 4.79 Å². The number of carbonyl (C=O) groups excluding carboxylic acids is 1. The molecule has 20 heavy (non-hydrogen) atoms. The lowest BCUT2D eigenvalue weighted by Gasteiger charge is -2.13. The molecule has 0 fully saturated rings. The monoisotopic (exact) mass is 356 g/mol. The number of anilines is 1. The Morgan fingerprint density at radius 1 is 1.55 bits per heavy atom. The number of hydrogen-bond acceptors (Lipinski definition) is 3. The number of halogens is 2. The van der Waals surface area contributed by atoms with Gasteiger partial charge in [-0.05, 0) is 34.1 Å². The average molecular weight is 358 g/mol. The van der Waals surface area contributed by atoms with Gasteiger partial charge in [-0.2, -0.15) is 0 Å². The fraction of sp³-hybridized carbons (Fsp3) is 0.0714. The summed E-state index contributed by atoms with van der Waals surface area (Å²) in [5.41, 5.74) is 6.76. The first-order valence-electron chi connectivity index (χ1n) is 5.53. The molecule has 4 nitrogen and oxygen atoms in total. The molecular weight excluding hydrogens is 344 g/mol. The first-order chi connectivity index (χ1) is 9.42. The summed E-state index contributed by atoms with van der Waals surface area (Å²) in [7, 11) is 1.44. The van der Waals surface area contributed by atoms with Crippen molar-refractivity contribution in [1.29, 1.82) is 0 Å². The molecule has 0 aliphatic carbocycles. The molecule has 0 heterocycles. The Hall–Kier alpha value is -1.72. The number of hydrogen-bond donors (Lipinski definition) is 2. The molecule has 0 atom stereocenters. The van der Waals surface area contributed by atoms with Crippen molar-refractivity contribution in [2.24, 2.45) is 0 Å². The Labute approximate surface area is 131 Å². The van der Waals surface area contributed by atoms with Gasteiger partial charge in [0.2, 0.25) is 0 Å². The van der Waals surface area contributed by atoms with Gasteiger partial charge in [0.25, 0.3) is 5.91 Å². The smallest absolute Gasteiger partial charge is 0.259 e. The maximum Gasteiger partial charge on any atom is 0.259 e. The minimum absolute atomic E-state index is 0.267. The van der Waals surface area contributed by atoms with Crippen LogP contribution in [0.15, 0.2) is 52.6 Å². The number of nitrogens with one attached hydrogen (secondary N) is 1. The molecule has 1 aromatic rings. The van der Waals surface area contributed by atoms with Crippen LogP contribution >= 0.6 is 27.5 Å². The first-order valence-corrected chi connectivity index (χ1v) is 6.70. The lowest BCUT2D eigenvalue weighted by Crippen LogP contribution is -2.24. The predicted octanol–water partition coefficient (Wildman–Crippen LogP) is 3.55. The maximum atomic E-state index is 12.3. The second-order valence-corrected chi connectivity index (χ2v) is 5.08. The van der Waals surface area contributed by atoms with Crippen molar-refractivity contribution in [3.63, 3.8) is 0 Å².